The van der Waals surface area contributed by atoms with Crippen molar-refractivity contribution in [3.05, 3.63) is 69.7 Å². The molecule has 0 saturated carbocycles. The van der Waals surface area contributed by atoms with Crippen LogP contribution in [0.25, 0.3) is 0 Å². The van der Waals surface area contributed by atoms with Crippen LogP contribution in [-0.2, 0) is 4.79 Å². The van der Waals surface area contributed by atoms with Gasteiger partial charge in [0.1, 0.15) is 0 Å². The maximum Gasteiger partial charge on any atom is 0.304 e. The molecule has 3 heteroatoms. The third kappa shape index (κ3) is 3.44. The average molecular weight is 319 g/mol. The van der Waals surface area contributed by atoms with Crippen molar-refractivity contribution in [2.24, 2.45) is 0 Å². The van der Waals surface area contributed by atoms with Gasteiger partial charge in [0.05, 0.1) is 6.42 Å². The summed E-state index contributed by atoms with van der Waals surface area (Å²) in [5.41, 5.74) is 3.23. The maximum absolute atomic E-state index is 11.1. The fraction of sp³-hybridized carbons (Fsp3) is 0.188. The molecule has 19 heavy (non-hydrogen) atoms. The summed E-state index contributed by atoms with van der Waals surface area (Å²) in [5.74, 6) is -0.886. The number of carboxylic acids is 1. The second-order valence-electron chi connectivity index (χ2n) is 4.56. The fourth-order valence-corrected chi connectivity index (χ4v) is 2.52. The number of hydrogen-bond donors (Lipinski definition) is 1. The Morgan fingerprint density at radius 1 is 1.16 bits per heavy atom. The lowest BCUT2D eigenvalue weighted by Gasteiger charge is -2.18. The van der Waals surface area contributed by atoms with E-state index in [9.17, 15) is 4.79 Å². The summed E-state index contributed by atoms with van der Waals surface area (Å²) in [6, 6.07) is 15.8. The molecule has 0 heterocycles. The Labute approximate surface area is 121 Å². The van der Waals surface area contributed by atoms with Gasteiger partial charge in [0.2, 0.25) is 0 Å². The molecule has 2 rings (SSSR count). The molecule has 0 aliphatic rings. The van der Waals surface area contributed by atoms with E-state index in [1.54, 1.807) is 0 Å². The molecule has 98 valence electrons. The van der Waals surface area contributed by atoms with Crippen molar-refractivity contribution >= 4 is 21.9 Å². The predicted octanol–water partition coefficient (Wildman–Crippen LogP) is 4.36. The number of halogens is 1. The topological polar surface area (TPSA) is 37.3 Å². The molecule has 0 aromatic heterocycles. The van der Waals surface area contributed by atoms with Crippen LogP contribution in [-0.4, -0.2) is 11.1 Å². The molecule has 2 aromatic carbocycles. The summed E-state index contributed by atoms with van der Waals surface area (Å²) in [4.78, 5) is 11.1. The number of rotatable bonds is 4. The van der Waals surface area contributed by atoms with Crippen molar-refractivity contribution in [1.82, 2.24) is 0 Å². The molecule has 0 radical (unpaired) electrons. The van der Waals surface area contributed by atoms with Crippen LogP contribution in [0.15, 0.2) is 53.0 Å². The lowest BCUT2D eigenvalue weighted by Crippen LogP contribution is -2.09. The maximum atomic E-state index is 11.1. The highest BCUT2D eigenvalue weighted by molar-refractivity contribution is 9.10. The van der Waals surface area contributed by atoms with Gasteiger partial charge in [0, 0.05) is 10.4 Å². The zero-order valence-electron chi connectivity index (χ0n) is 10.6. The molecule has 1 N–H and O–H groups in total. The van der Waals surface area contributed by atoms with Gasteiger partial charge in [0.25, 0.3) is 0 Å². The highest BCUT2D eigenvalue weighted by Crippen LogP contribution is 2.31. The molecular weight excluding hydrogens is 304 g/mol. The Morgan fingerprint density at radius 2 is 1.79 bits per heavy atom. The van der Waals surface area contributed by atoms with E-state index in [0.717, 1.165) is 21.2 Å². The second kappa shape index (κ2) is 6.02. The highest BCUT2D eigenvalue weighted by Gasteiger charge is 2.19. The van der Waals surface area contributed by atoms with Crippen LogP contribution in [0.1, 0.15) is 29.0 Å². The standard InChI is InChI=1S/C16H15BrO2/c1-11-4-2-3-5-14(11)15(10-16(18)19)12-6-8-13(17)9-7-12/h2-9,15H,10H2,1H3,(H,18,19)/t15-/m1/s1. The molecular formula is C16H15BrO2. The van der Waals surface area contributed by atoms with Crippen LogP contribution in [0.2, 0.25) is 0 Å². The van der Waals surface area contributed by atoms with Crippen molar-refractivity contribution in [3.8, 4) is 0 Å². The first-order valence-corrected chi connectivity index (χ1v) is 6.90. The van der Waals surface area contributed by atoms with E-state index in [1.165, 1.54) is 0 Å². The minimum Gasteiger partial charge on any atom is -0.481 e. The summed E-state index contributed by atoms with van der Waals surface area (Å²) in [5, 5.41) is 9.14. The van der Waals surface area contributed by atoms with Crippen LogP contribution >= 0.6 is 15.9 Å². The van der Waals surface area contributed by atoms with Crippen molar-refractivity contribution in [2.45, 2.75) is 19.3 Å². The van der Waals surface area contributed by atoms with Crippen LogP contribution in [0.5, 0.6) is 0 Å². The molecule has 0 bridgehead atoms. The molecule has 0 unspecified atom stereocenters. The van der Waals surface area contributed by atoms with E-state index in [4.69, 9.17) is 5.11 Å². The molecule has 0 aliphatic heterocycles. The zero-order valence-corrected chi connectivity index (χ0v) is 12.2. The normalized spacial score (nSPS) is 12.1. The minimum absolute atomic E-state index is 0.104. The van der Waals surface area contributed by atoms with Crippen molar-refractivity contribution in [3.63, 3.8) is 0 Å². The average Bonchev–Trinajstić information content (AvgIpc) is 2.38. The quantitative estimate of drug-likeness (QED) is 0.909. The third-order valence-corrected chi connectivity index (χ3v) is 3.74. The zero-order chi connectivity index (χ0) is 13.8. The summed E-state index contributed by atoms with van der Waals surface area (Å²) >= 11 is 3.40. The lowest BCUT2D eigenvalue weighted by molar-refractivity contribution is -0.137. The van der Waals surface area contributed by atoms with Gasteiger partial charge >= 0.3 is 5.97 Å². The van der Waals surface area contributed by atoms with Gasteiger partial charge in [-0.1, -0.05) is 52.3 Å². The molecule has 0 saturated heterocycles. The Hall–Kier alpha value is -1.61. The Balaban J connectivity index is 2.44. The molecule has 2 aromatic rings. The lowest BCUT2D eigenvalue weighted by atomic mass is 9.86. The van der Waals surface area contributed by atoms with Crippen molar-refractivity contribution in [2.75, 3.05) is 0 Å². The summed E-state index contributed by atoms with van der Waals surface area (Å²) in [6.45, 7) is 2.02. The van der Waals surface area contributed by atoms with E-state index in [0.29, 0.717) is 0 Å². The second-order valence-corrected chi connectivity index (χ2v) is 5.47. The molecule has 2 nitrogen and oxygen atoms in total. The molecule has 0 amide bonds. The van der Waals surface area contributed by atoms with Crippen LogP contribution in [0.3, 0.4) is 0 Å². The Bertz CT molecular complexity index is 576. The van der Waals surface area contributed by atoms with Gasteiger partial charge in [-0.15, -0.1) is 0 Å². The van der Waals surface area contributed by atoms with Crippen molar-refractivity contribution in [1.29, 1.82) is 0 Å². The van der Waals surface area contributed by atoms with E-state index < -0.39 is 5.97 Å². The van der Waals surface area contributed by atoms with E-state index >= 15 is 0 Å². The van der Waals surface area contributed by atoms with Gasteiger partial charge in [0.15, 0.2) is 0 Å². The number of aryl methyl sites for hydroxylation is 1. The number of carboxylic acid groups (broad SMARTS) is 1. The van der Waals surface area contributed by atoms with Crippen LogP contribution in [0, 0.1) is 6.92 Å². The fourth-order valence-electron chi connectivity index (χ4n) is 2.25. The summed E-state index contributed by atoms with van der Waals surface area (Å²) in [6.07, 6.45) is 0.104. The number of benzene rings is 2. The van der Waals surface area contributed by atoms with Gasteiger partial charge in [-0.3, -0.25) is 4.79 Å². The SMILES string of the molecule is Cc1ccccc1[C@H](CC(=O)O)c1ccc(Br)cc1. The first-order chi connectivity index (χ1) is 9.08. The van der Waals surface area contributed by atoms with E-state index in [2.05, 4.69) is 15.9 Å². The molecule has 0 spiro atoms. The van der Waals surface area contributed by atoms with Gasteiger partial charge < -0.3 is 5.11 Å². The molecule has 0 aliphatic carbocycles. The highest BCUT2D eigenvalue weighted by atomic mass is 79.9. The minimum atomic E-state index is -0.781. The van der Waals surface area contributed by atoms with Crippen LogP contribution in [0.4, 0.5) is 0 Å². The van der Waals surface area contributed by atoms with Crippen LogP contribution < -0.4 is 0 Å². The Morgan fingerprint density at radius 3 is 2.37 bits per heavy atom. The molecule has 1 atom stereocenters. The van der Waals surface area contributed by atoms with Crippen molar-refractivity contribution < 1.29 is 9.90 Å². The van der Waals surface area contributed by atoms with Gasteiger partial charge in [-0.05, 0) is 35.7 Å². The summed E-state index contributed by atoms with van der Waals surface area (Å²) in [7, 11) is 0. The monoisotopic (exact) mass is 318 g/mol. The van der Waals surface area contributed by atoms with Gasteiger partial charge in [-0.2, -0.15) is 0 Å². The third-order valence-electron chi connectivity index (χ3n) is 3.21. The first-order valence-electron chi connectivity index (χ1n) is 6.10. The smallest absolute Gasteiger partial charge is 0.304 e. The van der Waals surface area contributed by atoms with Gasteiger partial charge in [-0.25, -0.2) is 0 Å². The number of hydrogen-bond acceptors (Lipinski definition) is 1. The Kier molecular flexibility index (Phi) is 4.38. The molecule has 0 fully saturated rings. The van der Waals surface area contributed by atoms with E-state index in [1.807, 2.05) is 55.5 Å². The summed E-state index contributed by atoms with van der Waals surface area (Å²) < 4.78 is 0.995. The predicted molar refractivity (Wildman–Crippen MR) is 79.4 cm³/mol. The number of aliphatic carboxylic acids is 1. The largest absolute Gasteiger partial charge is 0.481 e. The number of carbonyl (C=O) groups is 1. The first kappa shape index (κ1) is 13.8. The van der Waals surface area contributed by atoms with E-state index in [-0.39, 0.29) is 12.3 Å².